The first-order valence-electron chi connectivity index (χ1n) is 9.56. The van der Waals surface area contributed by atoms with Crippen molar-refractivity contribution in [3.8, 4) is 0 Å². The molecule has 1 aromatic carbocycles. The Kier molecular flexibility index (Phi) is 8.04. The van der Waals surface area contributed by atoms with E-state index in [1.807, 2.05) is 0 Å². The molecule has 6 heteroatoms. The van der Waals surface area contributed by atoms with E-state index < -0.39 is 0 Å². The number of rotatable bonds is 8. The fraction of sp³-hybridized carbons (Fsp3) is 0.476. The standard InChI is InChI=1S/C21H29N3O3/c1-16(25)23-19-8-10-20(11-9-19)24(17(2)26)15-13-21(27)22-14-12-18-6-4-3-5-7-18/h6,8-11H,3-5,7,12-15H2,1-2H3,(H,22,27)(H,23,25). The summed E-state index contributed by atoms with van der Waals surface area (Å²) in [6, 6.07) is 7.01. The minimum absolute atomic E-state index is 0.0486. The number of carbonyl (C=O) groups is 3. The summed E-state index contributed by atoms with van der Waals surface area (Å²) in [5.41, 5.74) is 2.81. The molecule has 2 N–H and O–H groups in total. The molecule has 0 spiro atoms. The number of anilines is 2. The Bertz CT molecular complexity index is 695. The second-order valence-electron chi connectivity index (χ2n) is 6.86. The van der Waals surface area contributed by atoms with Gasteiger partial charge in [-0.15, -0.1) is 0 Å². The van der Waals surface area contributed by atoms with Crippen LogP contribution >= 0.6 is 0 Å². The lowest BCUT2D eigenvalue weighted by Crippen LogP contribution is -2.34. The van der Waals surface area contributed by atoms with E-state index in [4.69, 9.17) is 0 Å². The first kappa shape index (κ1) is 20.7. The molecular formula is C21H29N3O3. The van der Waals surface area contributed by atoms with Gasteiger partial charge in [0.05, 0.1) is 0 Å². The molecule has 0 heterocycles. The second kappa shape index (κ2) is 10.5. The van der Waals surface area contributed by atoms with Crippen molar-refractivity contribution >= 4 is 29.1 Å². The van der Waals surface area contributed by atoms with Gasteiger partial charge in [-0.3, -0.25) is 14.4 Å². The van der Waals surface area contributed by atoms with Gasteiger partial charge in [0.25, 0.3) is 0 Å². The smallest absolute Gasteiger partial charge is 0.223 e. The van der Waals surface area contributed by atoms with Gasteiger partial charge in [-0.25, -0.2) is 0 Å². The molecule has 1 aliphatic carbocycles. The van der Waals surface area contributed by atoms with Crippen LogP contribution in [-0.4, -0.2) is 30.8 Å². The fourth-order valence-electron chi connectivity index (χ4n) is 3.19. The molecule has 0 atom stereocenters. The van der Waals surface area contributed by atoms with Gasteiger partial charge in [0.15, 0.2) is 0 Å². The molecule has 1 aliphatic rings. The third kappa shape index (κ3) is 7.25. The van der Waals surface area contributed by atoms with E-state index in [1.165, 1.54) is 32.3 Å². The zero-order valence-corrected chi connectivity index (χ0v) is 16.2. The van der Waals surface area contributed by atoms with Crippen LogP contribution in [0.2, 0.25) is 0 Å². The highest BCUT2D eigenvalue weighted by atomic mass is 16.2. The minimum atomic E-state index is -0.146. The molecule has 27 heavy (non-hydrogen) atoms. The van der Waals surface area contributed by atoms with Crippen molar-refractivity contribution in [2.75, 3.05) is 23.3 Å². The van der Waals surface area contributed by atoms with Crippen LogP contribution < -0.4 is 15.5 Å². The maximum atomic E-state index is 12.1. The molecule has 0 saturated heterocycles. The average molecular weight is 371 g/mol. The van der Waals surface area contributed by atoms with Gasteiger partial charge >= 0.3 is 0 Å². The number of amides is 3. The van der Waals surface area contributed by atoms with Gasteiger partial charge in [-0.2, -0.15) is 0 Å². The summed E-state index contributed by atoms with van der Waals surface area (Å²) in [7, 11) is 0. The zero-order valence-electron chi connectivity index (χ0n) is 16.2. The number of allylic oxidation sites excluding steroid dienone is 1. The normalized spacial score (nSPS) is 13.5. The lowest BCUT2D eigenvalue weighted by Gasteiger charge is -2.21. The molecule has 1 aromatic rings. The third-order valence-corrected chi connectivity index (χ3v) is 4.60. The fourth-order valence-corrected chi connectivity index (χ4v) is 3.19. The molecule has 146 valence electrons. The molecular weight excluding hydrogens is 342 g/mol. The van der Waals surface area contributed by atoms with E-state index in [0.29, 0.717) is 24.5 Å². The number of benzene rings is 1. The lowest BCUT2D eigenvalue weighted by molar-refractivity contribution is -0.121. The average Bonchev–Trinajstić information content (AvgIpc) is 2.63. The van der Waals surface area contributed by atoms with Crippen LogP contribution in [0.5, 0.6) is 0 Å². The number of hydrogen-bond donors (Lipinski definition) is 2. The monoisotopic (exact) mass is 371 g/mol. The summed E-state index contributed by atoms with van der Waals surface area (Å²) in [5, 5.41) is 5.63. The van der Waals surface area contributed by atoms with E-state index in [1.54, 1.807) is 29.2 Å². The quantitative estimate of drug-likeness (QED) is 0.688. The van der Waals surface area contributed by atoms with E-state index in [-0.39, 0.29) is 24.1 Å². The van der Waals surface area contributed by atoms with Crippen LogP contribution in [0.4, 0.5) is 11.4 Å². The predicted molar refractivity (Wildman–Crippen MR) is 108 cm³/mol. The molecule has 0 aliphatic heterocycles. The van der Waals surface area contributed by atoms with E-state index in [9.17, 15) is 14.4 Å². The van der Waals surface area contributed by atoms with Gasteiger partial charge in [-0.1, -0.05) is 11.6 Å². The third-order valence-electron chi connectivity index (χ3n) is 4.60. The van der Waals surface area contributed by atoms with Crippen LogP contribution in [0.3, 0.4) is 0 Å². The first-order chi connectivity index (χ1) is 13.0. The highest BCUT2D eigenvalue weighted by molar-refractivity contribution is 5.93. The minimum Gasteiger partial charge on any atom is -0.356 e. The Balaban J connectivity index is 1.81. The summed E-state index contributed by atoms with van der Waals surface area (Å²) < 4.78 is 0. The van der Waals surface area contributed by atoms with Crippen LogP contribution in [-0.2, 0) is 14.4 Å². The van der Waals surface area contributed by atoms with Gasteiger partial charge in [0, 0.05) is 44.7 Å². The Morgan fingerprint density at radius 2 is 1.81 bits per heavy atom. The van der Waals surface area contributed by atoms with Crippen LogP contribution in [0.15, 0.2) is 35.9 Å². The summed E-state index contributed by atoms with van der Waals surface area (Å²) in [6.45, 7) is 3.90. The molecule has 0 aromatic heterocycles. The molecule has 0 radical (unpaired) electrons. The highest BCUT2D eigenvalue weighted by Crippen LogP contribution is 2.20. The molecule has 2 rings (SSSR count). The Hall–Kier alpha value is -2.63. The van der Waals surface area contributed by atoms with Gasteiger partial charge in [0.1, 0.15) is 0 Å². The van der Waals surface area contributed by atoms with Crippen LogP contribution in [0, 0.1) is 0 Å². The van der Waals surface area contributed by atoms with Crippen molar-refractivity contribution in [1.29, 1.82) is 0 Å². The summed E-state index contributed by atoms with van der Waals surface area (Å²) in [5.74, 6) is -0.318. The van der Waals surface area contributed by atoms with Crippen LogP contribution in [0.1, 0.15) is 52.4 Å². The number of nitrogens with zero attached hydrogens (tertiary/aromatic N) is 1. The number of nitrogens with one attached hydrogen (secondary N) is 2. The lowest BCUT2D eigenvalue weighted by atomic mass is 9.97. The summed E-state index contributed by atoms with van der Waals surface area (Å²) in [6.07, 6.45) is 8.26. The van der Waals surface area contributed by atoms with Crippen LogP contribution in [0.25, 0.3) is 0 Å². The number of carbonyl (C=O) groups excluding carboxylic acids is 3. The molecule has 0 unspecified atom stereocenters. The van der Waals surface area contributed by atoms with E-state index in [2.05, 4.69) is 16.7 Å². The largest absolute Gasteiger partial charge is 0.356 e. The van der Waals surface area contributed by atoms with Crippen molar-refractivity contribution < 1.29 is 14.4 Å². The maximum Gasteiger partial charge on any atom is 0.223 e. The van der Waals surface area contributed by atoms with Gasteiger partial charge < -0.3 is 15.5 Å². The number of hydrogen-bond acceptors (Lipinski definition) is 3. The van der Waals surface area contributed by atoms with E-state index >= 15 is 0 Å². The van der Waals surface area contributed by atoms with Gasteiger partial charge in [0.2, 0.25) is 17.7 Å². The topological polar surface area (TPSA) is 78.5 Å². The van der Waals surface area contributed by atoms with E-state index in [0.717, 1.165) is 19.3 Å². The molecule has 0 fully saturated rings. The second-order valence-corrected chi connectivity index (χ2v) is 6.86. The maximum absolute atomic E-state index is 12.1. The predicted octanol–water partition coefficient (Wildman–Crippen LogP) is 3.39. The zero-order chi connectivity index (χ0) is 19.6. The Morgan fingerprint density at radius 3 is 2.41 bits per heavy atom. The molecule has 0 saturated carbocycles. The van der Waals surface area contributed by atoms with Crippen molar-refractivity contribution in [3.05, 3.63) is 35.9 Å². The summed E-state index contributed by atoms with van der Waals surface area (Å²) >= 11 is 0. The van der Waals surface area contributed by atoms with Crippen molar-refractivity contribution in [1.82, 2.24) is 5.32 Å². The molecule has 3 amide bonds. The SMILES string of the molecule is CC(=O)Nc1ccc(N(CCC(=O)NCCC2=CCCCC2)C(C)=O)cc1. The molecule has 0 bridgehead atoms. The Morgan fingerprint density at radius 1 is 1.07 bits per heavy atom. The Labute approximate surface area is 161 Å². The molecule has 6 nitrogen and oxygen atoms in total. The van der Waals surface area contributed by atoms with Gasteiger partial charge in [-0.05, 0) is 56.4 Å². The van der Waals surface area contributed by atoms with Crippen molar-refractivity contribution in [2.45, 2.75) is 52.4 Å². The first-order valence-corrected chi connectivity index (χ1v) is 9.56. The van der Waals surface area contributed by atoms with Crippen molar-refractivity contribution in [2.24, 2.45) is 0 Å². The van der Waals surface area contributed by atoms with Crippen molar-refractivity contribution in [3.63, 3.8) is 0 Å². The highest BCUT2D eigenvalue weighted by Gasteiger charge is 2.14. The summed E-state index contributed by atoms with van der Waals surface area (Å²) in [4.78, 5) is 36.7.